The molecule has 0 bridgehead atoms. The standard InChI is InChI=1S/C24H27N3O2/c1-26(2)15-17-7-8-21-16-27(12-11-18(21)13-17)23(28)10-9-20-14-19-5-3-4-6-22(19)25-24(20)29/h3-8,13-14H,9-12,15-16H2,1-2H3,(H,25,29). The summed E-state index contributed by atoms with van der Waals surface area (Å²) < 4.78 is 0. The van der Waals surface area contributed by atoms with Gasteiger partial charge in [-0.2, -0.15) is 0 Å². The molecule has 5 nitrogen and oxygen atoms in total. The van der Waals surface area contributed by atoms with Crippen LogP contribution in [0.2, 0.25) is 0 Å². The summed E-state index contributed by atoms with van der Waals surface area (Å²) in [5.74, 6) is 0.112. The average molecular weight is 389 g/mol. The number of benzene rings is 2. The molecule has 0 saturated carbocycles. The van der Waals surface area contributed by atoms with Gasteiger partial charge in [-0.3, -0.25) is 9.59 Å². The fourth-order valence-corrected chi connectivity index (χ4v) is 4.06. The van der Waals surface area contributed by atoms with Crippen LogP contribution in [-0.4, -0.2) is 41.3 Å². The van der Waals surface area contributed by atoms with Gasteiger partial charge >= 0.3 is 0 Å². The summed E-state index contributed by atoms with van der Waals surface area (Å²) in [7, 11) is 4.14. The second kappa shape index (κ2) is 8.21. The number of fused-ring (bicyclic) bond motifs is 2. The molecule has 1 aliphatic rings. The predicted molar refractivity (Wildman–Crippen MR) is 116 cm³/mol. The maximum atomic E-state index is 12.8. The molecular weight excluding hydrogens is 362 g/mol. The fourth-order valence-electron chi connectivity index (χ4n) is 4.06. The summed E-state index contributed by atoms with van der Waals surface area (Å²) >= 11 is 0. The van der Waals surface area contributed by atoms with E-state index in [-0.39, 0.29) is 11.5 Å². The number of aromatic amines is 1. The fraction of sp³-hybridized carbons (Fsp3) is 0.333. The molecule has 0 fully saturated rings. The van der Waals surface area contributed by atoms with Gasteiger partial charge in [0.1, 0.15) is 0 Å². The van der Waals surface area contributed by atoms with Crippen molar-refractivity contribution in [1.29, 1.82) is 0 Å². The highest BCUT2D eigenvalue weighted by Crippen LogP contribution is 2.22. The number of nitrogens with one attached hydrogen (secondary N) is 1. The summed E-state index contributed by atoms with van der Waals surface area (Å²) in [4.78, 5) is 32.1. The van der Waals surface area contributed by atoms with Crippen LogP contribution in [0.3, 0.4) is 0 Å². The Hall–Kier alpha value is -2.92. The highest BCUT2D eigenvalue weighted by molar-refractivity contribution is 5.79. The number of aromatic nitrogens is 1. The van der Waals surface area contributed by atoms with Crippen molar-refractivity contribution in [3.63, 3.8) is 0 Å². The number of hydrogen-bond donors (Lipinski definition) is 1. The van der Waals surface area contributed by atoms with Crippen molar-refractivity contribution >= 4 is 16.8 Å². The lowest BCUT2D eigenvalue weighted by molar-refractivity contribution is -0.132. The Balaban J connectivity index is 1.41. The summed E-state index contributed by atoms with van der Waals surface area (Å²) in [6.45, 7) is 2.33. The third-order valence-corrected chi connectivity index (χ3v) is 5.57. The molecule has 2 heterocycles. The molecule has 5 heteroatoms. The Morgan fingerprint density at radius 2 is 1.93 bits per heavy atom. The zero-order chi connectivity index (χ0) is 20.4. The van der Waals surface area contributed by atoms with Crippen LogP contribution < -0.4 is 5.56 Å². The lowest BCUT2D eigenvalue weighted by Gasteiger charge is -2.29. The van der Waals surface area contributed by atoms with E-state index in [2.05, 4.69) is 42.2 Å². The van der Waals surface area contributed by atoms with Crippen LogP contribution in [0.25, 0.3) is 10.9 Å². The van der Waals surface area contributed by atoms with E-state index >= 15 is 0 Å². The van der Waals surface area contributed by atoms with Crippen molar-refractivity contribution in [2.24, 2.45) is 0 Å². The van der Waals surface area contributed by atoms with Crippen LogP contribution in [0.5, 0.6) is 0 Å². The van der Waals surface area contributed by atoms with E-state index in [9.17, 15) is 9.59 Å². The Bertz CT molecular complexity index is 1100. The topological polar surface area (TPSA) is 56.4 Å². The lowest BCUT2D eigenvalue weighted by atomic mass is 9.96. The molecule has 0 radical (unpaired) electrons. The predicted octanol–water partition coefficient (Wildman–Crippen LogP) is 3.11. The van der Waals surface area contributed by atoms with Crippen LogP contribution >= 0.6 is 0 Å². The largest absolute Gasteiger partial charge is 0.338 e. The van der Waals surface area contributed by atoms with Gasteiger partial charge in [-0.1, -0.05) is 36.4 Å². The first-order chi connectivity index (χ1) is 14.0. The molecule has 0 unspecified atom stereocenters. The zero-order valence-corrected chi connectivity index (χ0v) is 17.1. The van der Waals surface area contributed by atoms with Crippen molar-refractivity contribution < 1.29 is 4.79 Å². The minimum absolute atomic E-state index is 0.103. The molecule has 1 aliphatic heterocycles. The van der Waals surface area contributed by atoms with E-state index in [0.29, 0.717) is 24.9 Å². The minimum Gasteiger partial charge on any atom is -0.338 e. The Labute approximate surface area is 171 Å². The van der Waals surface area contributed by atoms with E-state index in [1.807, 2.05) is 35.2 Å². The molecule has 0 atom stereocenters. The molecule has 0 saturated heterocycles. The minimum atomic E-state index is -0.103. The van der Waals surface area contributed by atoms with Gasteiger partial charge in [0.15, 0.2) is 0 Å². The Kier molecular flexibility index (Phi) is 5.49. The first-order valence-electron chi connectivity index (χ1n) is 10.1. The molecule has 0 spiro atoms. The van der Waals surface area contributed by atoms with Gasteiger partial charge in [0.05, 0.1) is 0 Å². The summed E-state index contributed by atoms with van der Waals surface area (Å²) in [5.41, 5.74) is 5.28. The molecule has 2 aromatic carbocycles. The molecule has 3 aromatic rings. The summed E-state index contributed by atoms with van der Waals surface area (Å²) in [6, 6.07) is 16.2. The smallest absolute Gasteiger partial charge is 0.251 e. The third-order valence-electron chi connectivity index (χ3n) is 5.57. The number of H-pyrrole nitrogens is 1. The van der Waals surface area contributed by atoms with Gasteiger partial charge in [0.2, 0.25) is 5.91 Å². The van der Waals surface area contributed by atoms with Crippen molar-refractivity contribution in [3.8, 4) is 0 Å². The van der Waals surface area contributed by atoms with E-state index in [0.717, 1.165) is 30.4 Å². The van der Waals surface area contributed by atoms with E-state index < -0.39 is 0 Å². The third kappa shape index (κ3) is 4.40. The van der Waals surface area contributed by atoms with E-state index in [1.54, 1.807) is 0 Å². The van der Waals surface area contributed by atoms with Crippen molar-refractivity contribution in [1.82, 2.24) is 14.8 Å². The van der Waals surface area contributed by atoms with Gasteiger partial charge in [-0.25, -0.2) is 0 Å². The van der Waals surface area contributed by atoms with Crippen LogP contribution in [0.1, 0.15) is 28.7 Å². The molecule has 1 amide bonds. The lowest BCUT2D eigenvalue weighted by Crippen LogP contribution is -2.36. The highest BCUT2D eigenvalue weighted by atomic mass is 16.2. The normalized spacial score (nSPS) is 13.7. The quantitative estimate of drug-likeness (QED) is 0.730. The zero-order valence-electron chi connectivity index (χ0n) is 17.1. The number of rotatable bonds is 5. The molecule has 4 rings (SSSR count). The van der Waals surface area contributed by atoms with Gasteiger partial charge in [0, 0.05) is 37.1 Å². The van der Waals surface area contributed by atoms with Gasteiger partial charge in [0.25, 0.3) is 5.56 Å². The first-order valence-corrected chi connectivity index (χ1v) is 10.1. The number of carbonyl (C=O) groups is 1. The summed E-state index contributed by atoms with van der Waals surface area (Å²) in [5, 5.41) is 0.995. The van der Waals surface area contributed by atoms with Crippen LogP contribution in [-0.2, 0) is 30.7 Å². The number of pyridine rings is 1. The van der Waals surface area contributed by atoms with E-state index in [4.69, 9.17) is 0 Å². The number of aryl methyl sites for hydroxylation is 1. The Morgan fingerprint density at radius 3 is 2.76 bits per heavy atom. The summed E-state index contributed by atoms with van der Waals surface area (Å²) in [6.07, 6.45) is 1.71. The Morgan fingerprint density at radius 1 is 1.10 bits per heavy atom. The number of amides is 1. The monoisotopic (exact) mass is 389 g/mol. The van der Waals surface area contributed by atoms with E-state index in [1.165, 1.54) is 16.7 Å². The molecular formula is C24H27N3O2. The first kappa shape index (κ1) is 19.4. The van der Waals surface area contributed by atoms with Gasteiger partial charge in [-0.15, -0.1) is 0 Å². The average Bonchev–Trinajstić information content (AvgIpc) is 2.71. The molecule has 1 N–H and O–H groups in total. The van der Waals surface area contributed by atoms with Crippen LogP contribution in [0.4, 0.5) is 0 Å². The van der Waals surface area contributed by atoms with Crippen molar-refractivity contribution in [3.05, 3.63) is 81.1 Å². The molecule has 1 aromatic heterocycles. The van der Waals surface area contributed by atoms with Gasteiger partial charge in [-0.05, 0) is 61.1 Å². The second-order valence-electron chi connectivity index (χ2n) is 8.12. The van der Waals surface area contributed by atoms with Crippen LogP contribution in [0, 0.1) is 0 Å². The van der Waals surface area contributed by atoms with Crippen LogP contribution in [0.15, 0.2) is 53.3 Å². The maximum Gasteiger partial charge on any atom is 0.251 e. The molecule has 150 valence electrons. The number of para-hydroxylation sites is 1. The second-order valence-corrected chi connectivity index (χ2v) is 8.12. The van der Waals surface area contributed by atoms with Gasteiger partial charge < -0.3 is 14.8 Å². The SMILES string of the molecule is CN(C)Cc1ccc2c(c1)CCN(C(=O)CCc1cc3ccccc3[nH]c1=O)C2. The van der Waals surface area contributed by atoms with Crippen molar-refractivity contribution in [2.45, 2.75) is 32.4 Å². The molecule has 0 aliphatic carbocycles. The van der Waals surface area contributed by atoms with Crippen molar-refractivity contribution in [2.75, 3.05) is 20.6 Å². The number of carbonyl (C=O) groups excluding carboxylic acids is 1. The molecule has 29 heavy (non-hydrogen) atoms. The number of nitrogens with zero attached hydrogens (tertiary/aromatic N) is 2. The highest BCUT2D eigenvalue weighted by Gasteiger charge is 2.21. The maximum absolute atomic E-state index is 12.8. The number of hydrogen-bond acceptors (Lipinski definition) is 3.